The lowest BCUT2D eigenvalue weighted by Crippen LogP contribution is -2.21. The van der Waals surface area contributed by atoms with Crippen molar-refractivity contribution in [2.75, 3.05) is 7.11 Å². The zero-order valence-electron chi connectivity index (χ0n) is 19.2. The largest absolute Gasteiger partial charge is 0.480 e. The third kappa shape index (κ3) is 4.55. The minimum atomic E-state index is -4.42. The molecule has 4 heterocycles. The van der Waals surface area contributed by atoms with Crippen LogP contribution in [0, 0.1) is 6.92 Å². The summed E-state index contributed by atoms with van der Waals surface area (Å²) in [6.45, 7) is 2.52. The Morgan fingerprint density at radius 1 is 1.14 bits per heavy atom. The minimum absolute atomic E-state index is 0.239. The molecular weight excluding hydrogens is 457 g/mol. The molecule has 0 saturated carbocycles. The number of rotatable bonds is 5. The number of pyridine rings is 1. The van der Waals surface area contributed by atoms with Gasteiger partial charge in [0.2, 0.25) is 5.88 Å². The molecule has 0 bridgehead atoms. The highest BCUT2D eigenvalue weighted by molar-refractivity contribution is 5.68. The van der Waals surface area contributed by atoms with E-state index >= 15 is 0 Å². The Kier molecular flexibility index (Phi) is 5.88. The van der Waals surface area contributed by atoms with Gasteiger partial charge >= 0.3 is 6.18 Å². The van der Waals surface area contributed by atoms with E-state index in [1.165, 1.54) is 12.1 Å². The Labute approximate surface area is 199 Å². The number of aryl methyl sites for hydroxylation is 2. The van der Waals surface area contributed by atoms with Crippen LogP contribution in [0.3, 0.4) is 0 Å². The summed E-state index contributed by atoms with van der Waals surface area (Å²) < 4.78 is 49.8. The van der Waals surface area contributed by atoms with Gasteiger partial charge in [-0.05, 0) is 55.2 Å². The molecule has 0 spiro atoms. The molecule has 0 unspecified atom stereocenters. The molecule has 1 atom stereocenters. The lowest BCUT2D eigenvalue weighted by molar-refractivity contribution is -0.138. The molecule has 0 amide bonds. The third-order valence-electron chi connectivity index (χ3n) is 5.99. The standard InChI is InChI=1S/C25H23F3N6O/c1-16-14-33(15-30-16)21-12-17(13-29-24(21)35-2)9-10-22-31-23-19(7-5-11-34(23)32-22)18-6-3-4-8-20(18)25(26,27)28/h3-4,6,8-10,12-15,19H,5,7,11H2,1-2H3/b10-9+/t19-/m0/s1. The van der Waals surface area contributed by atoms with E-state index in [9.17, 15) is 13.2 Å². The highest BCUT2D eigenvalue weighted by Gasteiger charge is 2.37. The van der Waals surface area contributed by atoms with Crippen LogP contribution >= 0.6 is 0 Å². The Bertz CT molecular complexity index is 1390. The molecular formula is C25H23F3N6O. The number of nitrogens with zero attached hydrogens (tertiary/aromatic N) is 6. The first-order valence-corrected chi connectivity index (χ1v) is 11.2. The topological polar surface area (TPSA) is 70.7 Å². The molecule has 1 aromatic carbocycles. The van der Waals surface area contributed by atoms with E-state index in [2.05, 4.69) is 20.1 Å². The molecule has 0 fully saturated rings. The Balaban J connectivity index is 1.46. The first-order chi connectivity index (χ1) is 16.8. The molecule has 0 radical (unpaired) electrons. The molecule has 7 nitrogen and oxygen atoms in total. The quantitative estimate of drug-likeness (QED) is 0.388. The van der Waals surface area contributed by atoms with E-state index in [-0.39, 0.29) is 5.56 Å². The smallest absolute Gasteiger partial charge is 0.416 e. The van der Waals surface area contributed by atoms with Gasteiger partial charge in [0, 0.05) is 24.9 Å². The van der Waals surface area contributed by atoms with Crippen molar-refractivity contribution < 1.29 is 17.9 Å². The van der Waals surface area contributed by atoms with Crippen LogP contribution < -0.4 is 4.74 Å². The van der Waals surface area contributed by atoms with Gasteiger partial charge in [0.15, 0.2) is 5.82 Å². The van der Waals surface area contributed by atoms with Gasteiger partial charge in [-0.1, -0.05) is 18.2 Å². The van der Waals surface area contributed by atoms with Crippen molar-refractivity contribution >= 4 is 12.2 Å². The summed E-state index contributed by atoms with van der Waals surface area (Å²) in [4.78, 5) is 13.2. The van der Waals surface area contributed by atoms with Crippen LogP contribution in [0.5, 0.6) is 5.88 Å². The van der Waals surface area contributed by atoms with Crippen LogP contribution in [-0.2, 0) is 12.7 Å². The molecule has 3 aromatic heterocycles. The van der Waals surface area contributed by atoms with E-state index in [1.807, 2.05) is 29.8 Å². The van der Waals surface area contributed by atoms with Gasteiger partial charge in [-0.3, -0.25) is 0 Å². The Hall–Kier alpha value is -3.95. The van der Waals surface area contributed by atoms with Crippen molar-refractivity contribution in [3.63, 3.8) is 0 Å². The third-order valence-corrected chi connectivity index (χ3v) is 5.99. The lowest BCUT2D eigenvalue weighted by Gasteiger charge is -2.25. The van der Waals surface area contributed by atoms with Gasteiger partial charge in [-0.15, -0.1) is 0 Å². The lowest BCUT2D eigenvalue weighted by atomic mass is 9.88. The van der Waals surface area contributed by atoms with Gasteiger partial charge in [0.25, 0.3) is 0 Å². The van der Waals surface area contributed by atoms with Crippen molar-refractivity contribution in [2.24, 2.45) is 0 Å². The van der Waals surface area contributed by atoms with Crippen LogP contribution in [0.1, 0.15) is 52.8 Å². The number of imidazole rings is 1. The summed E-state index contributed by atoms with van der Waals surface area (Å²) in [5, 5.41) is 4.53. The number of alkyl halides is 3. The van der Waals surface area contributed by atoms with Gasteiger partial charge in [0.1, 0.15) is 11.5 Å². The van der Waals surface area contributed by atoms with E-state index in [1.54, 1.807) is 36.5 Å². The number of halogens is 3. The van der Waals surface area contributed by atoms with E-state index in [0.717, 1.165) is 29.4 Å². The van der Waals surface area contributed by atoms with Crippen LogP contribution in [0.25, 0.3) is 17.8 Å². The fourth-order valence-corrected chi connectivity index (χ4v) is 4.41. The van der Waals surface area contributed by atoms with Gasteiger partial charge in [-0.2, -0.15) is 18.3 Å². The Morgan fingerprint density at radius 2 is 1.97 bits per heavy atom. The van der Waals surface area contributed by atoms with E-state index in [4.69, 9.17) is 4.74 Å². The minimum Gasteiger partial charge on any atom is -0.480 e. The number of ether oxygens (including phenoxy) is 1. The van der Waals surface area contributed by atoms with Crippen LogP contribution in [-0.4, -0.2) is 36.4 Å². The van der Waals surface area contributed by atoms with Crippen molar-refractivity contribution in [1.29, 1.82) is 0 Å². The van der Waals surface area contributed by atoms with Gasteiger partial charge < -0.3 is 9.30 Å². The molecule has 35 heavy (non-hydrogen) atoms. The van der Waals surface area contributed by atoms with Crippen molar-refractivity contribution in [2.45, 2.75) is 38.4 Å². The number of aromatic nitrogens is 6. The Morgan fingerprint density at radius 3 is 2.71 bits per heavy atom. The number of benzene rings is 1. The summed E-state index contributed by atoms with van der Waals surface area (Å²) in [6, 6.07) is 7.62. The molecule has 0 aliphatic carbocycles. The molecule has 0 N–H and O–H groups in total. The predicted octanol–water partition coefficient (Wildman–Crippen LogP) is 5.29. The average molecular weight is 480 g/mol. The fourth-order valence-electron chi connectivity index (χ4n) is 4.41. The van der Waals surface area contributed by atoms with Crippen molar-refractivity contribution in [3.8, 4) is 11.6 Å². The fraction of sp³-hybridized carbons (Fsp3) is 0.280. The maximum absolute atomic E-state index is 13.6. The second kappa shape index (κ2) is 9.01. The predicted molar refractivity (Wildman–Crippen MR) is 124 cm³/mol. The maximum Gasteiger partial charge on any atom is 0.416 e. The number of hydrogen-bond donors (Lipinski definition) is 0. The highest BCUT2D eigenvalue weighted by atomic mass is 19.4. The average Bonchev–Trinajstić information content (AvgIpc) is 3.47. The molecule has 0 saturated heterocycles. The highest BCUT2D eigenvalue weighted by Crippen LogP contribution is 2.40. The van der Waals surface area contributed by atoms with Crippen LogP contribution in [0.15, 0.2) is 49.1 Å². The number of hydrogen-bond acceptors (Lipinski definition) is 5. The van der Waals surface area contributed by atoms with Crippen LogP contribution in [0.2, 0.25) is 0 Å². The first kappa shape index (κ1) is 22.8. The molecule has 180 valence electrons. The normalized spacial score (nSPS) is 16.0. The van der Waals surface area contributed by atoms with E-state index in [0.29, 0.717) is 30.5 Å². The molecule has 1 aliphatic rings. The number of methoxy groups -OCH3 is 1. The second-order valence-corrected chi connectivity index (χ2v) is 8.38. The van der Waals surface area contributed by atoms with Gasteiger partial charge in [0.05, 0.1) is 24.7 Å². The monoisotopic (exact) mass is 480 g/mol. The zero-order chi connectivity index (χ0) is 24.6. The maximum atomic E-state index is 13.6. The summed E-state index contributed by atoms with van der Waals surface area (Å²) in [5.41, 5.74) is 2.01. The zero-order valence-corrected chi connectivity index (χ0v) is 19.2. The van der Waals surface area contributed by atoms with Crippen molar-refractivity contribution in [1.82, 2.24) is 29.3 Å². The van der Waals surface area contributed by atoms with Gasteiger partial charge in [-0.25, -0.2) is 19.6 Å². The molecule has 10 heteroatoms. The summed E-state index contributed by atoms with van der Waals surface area (Å²) >= 11 is 0. The summed E-state index contributed by atoms with van der Waals surface area (Å²) in [6.07, 6.45) is 5.68. The molecule has 5 rings (SSSR count). The van der Waals surface area contributed by atoms with Crippen LogP contribution in [0.4, 0.5) is 13.2 Å². The SMILES string of the molecule is COc1ncc(/C=C/c2nc3n(n2)CCC[C@H]3c2ccccc2C(F)(F)F)cc1-n1cnc(C)c1. The first-order valence-electron chi connectivity index (χ1n) is 11.2. The summed E-state index contributed by atoms with van der Waals surface area (Å²) in [7, 11) is 1.55. The second-order valence-electron chi connectivity index (χ2n) is 8.38. The number of fused-ring (bicyclic) bond motifs is 1. The van der Waals surface area contributed by atoms with Crippen molar-refractivity contribution in [3.05, 3.63) is 83.1 Å². The van der Waals surface area contributed by atoms with E-state index < -0.39 is 17.7 Å². The molecule has 1 aliphatic heterocycles. The summed E-state index contributed by atoms with van der Waals surface area (Å²) in [5.74, 6) is 0.985. The molecule has 4 aromatic rings.